The molecule has 8 heavy (non-hydrogen) atoms. The summed E-state index contributed by atoms with van der Waals surface area (Å²) in [6.07, 6.45) is -0.0886. The van der Waals surface area contributed by atoms with E-state index in [9.17, 15) is 0 Å². The highest BCUT2D eigenvalue weighted by atomic mass is 16.6. The van der Waals surface area contributed by atoms with E-state index < -0.39 is 6.29 Å². The molecule has 3 nitrogen and oxygen atoms in total. The molecule has 0 saturated carbocycles. The number of rotatable bonds is 0. The average molecular weight is 118 g/mol. The zero-order chi connectivity index (χ0) is 5.98. The Bertz CT molecular complexity index is 66.1. The molecular formula is C5H10O3. The SMILES string of the molecule is OC1C[C@@H](O)CCO1. The van der Waals surface area contributed by atoms with Crippen molar-refractivity contribution >= 4 is 0 Å². The van der Waals surface area contributed by atoms with Crippen molar-refractivity contribution in [3.05, 3.63) is 0 Å². The van der Waals surface area contributed by atoms with Gasteiger partial charge in [0.2, 0.25) is 0 Å². The molecule has 1 aliphatic heterocycles. The summed E-state index contributed by atoms with van der Waals surface area (Å²) in [5.74, 6) is 0. The molecule has 0 aromatic carbocycles. The standard InChI is InChI=1S/C5H10O3/c6-4-1-2-8-5(7)3-4/h4-7H,1-3H2/t4-,5?/m0/s1. The molecule has 0 aromatic heterocycles. The fourth-order valence-corrected chi connectivity index (χ4v) is 0.759. The van der Waals surface area contributed by atoms with Crippen LogP contribution in [0.15, 0.2) is 0 Å². The molecule has 1 rings (SSSR count). The van der Waals surface area contributed by atoms with Crippen LogP contribution < -0.4 is 0 Å². The van der Waals surface area contributed by atoms with E-state index in [0.29, 0.717) is 19.4 Å². The Balaban J connectivity index is 2.23. The maximum absolute atomic E-state index is 8.84. The van der Waals surface area contributed by atoms with Gasteiger partial charge in [-0.1, -0.05) is 0 Å². The first kappa shape index (κ1) is 6.01. The lowest BCUT2D eigenvalue weighted by molar-refractivity contribution is -0.152. The van der Waals surface area contributed by atoms with E-state index in [2.05, 4.69) is 0 Å². The van der Waals surface area contributed by atoms with Crippen LogP contribution in [0.4, 0.5) is 0 Å². The normalized spacial score (nSPS) is 39.8. The maximum Gasteiger partial charge on any atom is 0.156 e. The number of aliphatic hydroxyl groups excluding tert-OH is 2. The predicted molar refractivity (Wildman–Crippen MR) is 27.2 cm³/mol. The topological polar surface area (TPSA) is 49.7 Å². The first-order chi connectivity index (χ1) is 3.79. The van der Waals surface area contributed by atoms with Gasteiger partial charge in [0, 0.05) is 6.42 Å². The summed E-state index contributed by atoms with van der Waals surface area (Å²) in [5, 5.41) is 17.5. The van der Waals surface area contributed by atoms with Gasteiger partial charge in [-0.25, -0.2) is 0 Å². The Morgan fingerprint density at radius 2 is 2.12 bits per heavy atom. The quantitative estimate of drug-likeness (QED) is 0.450. The van der Waals surface area contributed by atoms with E-state index in [1.807, 2.05) is 0 Å². The van der Waals surface area contributed by atoms with Crippen molar-refractivity contribution in [1.82, 2.24) is 0 Å². The Morgan fingerprint density at radius 1 is 1.38 bits per heavy atom. The monoisotopic (exact) mass is 118 g/mol. The summed E-state index contributed by atoms with van der Waals surface area (Å²) >= 11 is 0. The van der Waals surface area contributed by atoms with Crippen molar-refractivity contribution in [2.45, 2.75) is 25.2 Å². The highest BCUT2D eigenvalue weighted by molar-refractivity contribution is 4.61. The zero-order valence-electron chi connectivity index (χ0n) is 4.58. The largest absolute Gasteiger partial charge is 0.393 e. The minimum absolute atomic E-state index is 0.361. The lowest BCUT2D eigenvalue weighted by Gasteiger charge is -2.21. The Kier molecular flexibility index (Phi) is 1.83. The van der Waals surface area contributed by atoms with Gasteiger partial charge in [0.05, 0.1) is 12.7 Å². The maximum atomic E-state index is 8.84. The summed E-state index contributed by atoms with van der Waals surface area (Å²) < 4.78 is 4.74. The van der Waals surface area contributed by atoms with E-state index in [4.69, 9.17) is 14.9 Å². The smallest absolute Gasteiger partial charge is 0.156 e. The molecule has 2 N–H and O–H groups in total. The molecule has 0 amide bonds. The van der Waals surface area contributed by atoms with Crippen LogP contribution in [0.25, 0.3) is 0 Å². The number of aliphatic hydroxyl groups is 2. The number of ether oxygens (including phenoxy) is 1. The third kappa shape index (κ3) is 1.43. The van der Waals surface area contributed by atoms with E-state index in [1.54, 1.807) is 0 Å². The Hall–Kier alpha value is -0.120. The predicted octanol–water partition coefficient (Wildman–Crippen LogP) is -0.524. The molecule has 0 radical (unpaired) electrons. The van der Waals surface area contributed by atoms with Gasteiger partial charge in [0.25, 0.3) is 0 Å². The van der Waals surface area contributed by atoms with Crippen molar-refractivity contribution in [3.8, 4) is 0 Å². The zero-order valence-corrected chi connectivity index (χ0v) is 4.58. The molecule has 2 atom stereocenters. The van der Waals surface area contributed by atoms with Crippen molar-refractivity contribution in [3.63, 3.8) is 0 Å². The summed E-state index contributed by atoms with van der Waals surface area (Å²) in [7, 11) is 0. The molecule has 0 spiro atoms. The fraction of sp³-hybridized carbons (Fsp3) is 1.00. The molecule has 0 bridgehead atoms. The summed E-state index contributed by atoms with van der Waals surface area (Å²) in [5.41, 5.74) is 0. The lowest BCUT2D eigenvalue weighted by Crippen LogP contribution is -2.28. The first-order valence-corrected chi connectivity index (χ1v) is 2.77. The van der Waals surface area contributed by atoms with E-state index in [-0.39, 0.29) is 6.10 Å². The summed E-state index contributed by atoms with van der Waals surface area (Å²) in [4.78, 5) is 0. The average Bonchev–Trinajstić information content (AvgIpc) is 1.64. The molecule has 1 unspecified atom stereocenters. The minimum Gasteiger partial charge on any atom is -0.393 e. The molecule has 1 saturated heterocycles. The molecule has 48 valence electrons. The summed E-state index contributed by atoms with van der Waals surface area (Å²) in [6.45, 7) is 0.475. The highest BCUT2D eigenvalue weighted by Crippen LogP contribution is 2.10. The van der Waals surface area contributed by atoms with Gasteiger partial charge in [-0.3, -0.25) is 0 Å². The number of hydrogen-bond acceptors (Lipinski definition) is 3. The van der Waals surface area contributed by atoms with Crippen LogP contribution in [0.5, 0.6) is 0 Å². The van der Waals surface area contributed by atoms with Crippen LogP contribution in [-0.2, 0) is 4.74 Å². The molecule has 0 aliphatic carbocycles. The minimum atomic E-state index is -0.737. The van der Waals surface area contributed by atoms with Crippen molar-refractivity contribution in [2.24, 2.45) is 0 Å². The second-order valence-electron chi connectivity index (χ2n) is 2.00. The van der Waals surface area contributed by atoms with Crippen LogP contribution in [0.3, 0.4) is 0 Å². The first-order valence-electron chi connectivity index (χ1n) is 2.77. The Labute approximate surface area is 47.9 Å². The third-order valence-corrected chi connectivity index (χ3v) is 1.24. The van der Waals surface area contributed by atoms with Crippen LogP contribution in [0, 0.1) is 0 Å². The van der Waals surface area contributed by atoms with Crippen LogP contribution >= 0.6 is 0 Å². The highest BCUT2D eigenvalue weighted by Gasteiger charge is 2.17. The van der Waals surface area contributed by atoms with Gasteiger partial charge in [-0.05, 0) is 6.42 Å². The molecular weight excluding hydrogens is 108 g/mol. The summed E-state index contributed by atoms with van der Waals surface area (Å²) in [6, 6.07) is 0. The van der Waals surface area contributed by atoms with Crippen molar-refractivity contribution < 1.29 is 14.9 Å². The van der Waals surface area contributed by atoms with E-state index >= 15 is 0 Å². The van der Waals surface area contributed by atoms with Gasteiger partial charge in [0.15, 0.2) is 6.29 Å². The molecule has 3 heteroatoms. The lowest BCUT2D eigenvalue weighted by atomic mass is 10.1. The van der Waals surface area contributed by atoms with E-state index in [1.165, 1.54) is 0 Å². The molecule has 1 fully saturated rings. The van der Waals surface area contributed by atoms with Gasteiger partial charge in [-0.2, -0.15) is 0 Å². The fourth-order valence-electron chi connectivity index (χ4n) is 0.759. The van der Waals surface area contributed by atoms with Crippen LogP contribution in [0.2, 0.25) is 0 Å². The van der Waals surface area contributed by atoms with E-state index in [0.717, 1.165) is 0 Å². The van der Waals surface area contributed by atoms with Gasteiger partial charge < -0.3 is 14.9 Å². The second kappa shape index (κ2) is 2.44. The molecule has 1 heterocycles. The molecule has 1 aliphatic rings. The van der Waals surface area contributed by atoms with Gasteiger partial charge in [-0.15, -0.1) is 0 Å². The third-order valence-electron chi connectivity index (χ3n) is 1.24. The Morgan fingerprint density at radius 3 is 2.50 bits per heavy atom. The second-order valence-corrected chi connectivity index (χ2v) is 2.00. The molecule has 0 aromatic rings. The van der Waals surface area contributed by atoms with Gasteiger partial charge in [0.1, 0.15) is 0 Å². The number of hydrogen-bond donors (Lipinski definition) is 2. The van der Waals surface area contributed by atoms with Crippen molar-refractivity contribution in [2.75, 3.05) is 6.61 Å². The van der Waals surface area contributed by atoms with Crippen molar-refractivity contribution in [1.29, 1.82) is 0 Å². The van der Waals surface area contributed by atoms with Crippen LogP contribution in [-0.4, -0.2) is 29.2 Å². The van der Waals surface area contributed by atoms with Crippen LogP contribution in [0.1, 0.15) is 12.8 Å². The van der Waals surface area contributed by atoms with Gasteiger partial charge >= 0.3 is 0 Å².